The number of aromatic amines is 2. The fraction of sp³-hybridized carbons (Fsp3) is 0.182. The number of carboxylic acids is 1. The van der Waals surface area contributed by atoms with Crippen LogP contribution in [0.4, 0.5) is 5.69 Å². The number of carbonyl (C=O) groups excluding carboxylic acids is 1. The van der Waals surface area contributed by atoms with Crippen LogP contribution in [0.15, 0.2) is 23.0 Å². The molecule has 0 aliphatic carbocycles. The number of hydrogen-bond donors (Lipinski definition) is 5. The van der Waals surface area contributed by atoms with Crippen LogP contribution in [0.25, 0.3) is 11.0 Å². The summed E-state index contributed by atoms with van der Waals surface area (Å²) in [7, 11) is 1.38. The lowest BCUT2D eigenvalue weighted by molar-refractivity contribution is -0.142. The maximum Gasteiger partial charge on any atom is 0.330 e. The van der Waals surface area contributed by atoms with Gasteiger partial charge in [0.15, 0.2) is 6.04 Å². The number of H-pyrrole nitrogens is 2. The Morgan fingerprint density at radius 1 is 1.26 bits per heavy atom. The highest BCUT2D eigenvalue weighted by Crippen LogP contribution is 2.14. The standard InChI is InChI=1S/C11H12N4O4/c1-12-8(10(17)18)9(16)13-5-2-3-6-7(4-5)15-11(19)14-6/h2-4,8,12H,1H3,(H,13,16)(H,17,18)(H2,14,15,19). The number of nitrogens with one attached hydrogen (secondary N) is 4. The van der Waals surface area contributed by atoms with Crippen molar-refractivity contribution in [1.82, 2.24) is 15.3 Å². The number of rotatable bonds is 4. The van der Waals surface area contributed by atoms with Gasteiger partial charge in [0.05, 0.1) is 11.0 Å². The van der Waals surface area contributed by atoms with Crippen LogP contribution >= 0.6 is 0 Å². The van der Waals surface area contributed by atoms with Crippen molar-refractivity contribution in [3.05, 3.63) is 28.7 Å². The quantitative estimate of drug-likeness (QED) is 0.474. The third kappa shape index (κ3) is 2.63. The molecule has 0 fully saturated rings. The van der Waals surface area contributed by atoms with E-state index in [4.69, 9.17) is 5.11 Å². The predicted octanol–water partition coefficient (Wildman–Crippen LogP) is -0.533. The second kappa shape index (κ2) is 4.94. The Labute approximate surface area is 106 Å². The van der Waals surface area contributed by atoms with Gasteiger partial charge in [-0.2, -0.15) is 0 Å². The summed E-state index contributed by atoms with van der Waals surface area (Å²) in [6, 6.07) is 3.39. The summed E-state index contributed by atoms with van der Waals surface area (Å²) in [4.78, 5) is 38.7. The molecular weight excluding hydrogens is 252 g/mol. The Kier molecular flexibility index (Phi) is 3.34. The molecular formula is C11H12N4O4. The molecule has 0 spiro atoms. The molecule has 0 radical (unpaired) electrons. The molecule has 0 bridgehead atoms. The summed E-state index contributed by atoms with van der Waals surface area (Å²) >= 11 is 0. The van der Waals surface area contributed by atoms with E-state index >= 15 is 0 Å². The van der Waals surface area contributed by atoms with Gasteiger partial charge in [0, 0.05) is 5.69 Å². The van der Waals surface area contributed by atoms with Crippen molar-refractivity contribution in [2.24, 2.45) is 0 Å². The highest BCUT2D eigenvalue weighted by Gasteiger charge is 2.24. The Bertz CT molecular complexity index is 687. The van der Waals surface area contributed by atoms with Gasteiger partial charge in [-0.15, -0.1) is 0 Å². The number of fused-ring (bicyclic) bond motifs is 1. The van der Waals surface area contributed by atoms with Crippen molar-refractivity contribution in [2.75, 3.05) is 12.4 Å². The minimum atomic E-state index is -1.33. The smallest absolute Gasteiger partial charge is 0.330 e. The molecule has 5 N–H and O–H groups in total. The van der Waals surface area contributed by atoms with Gasteiger partial charge < -0.3 is 20.4 Å². The van der Waals surface area contributed by atoms with Crippen LogP contribution in [0.3, 0.4) is 0 Å². The molecule has 19 heavy (non-hydrogen) atoms. The lowest BCUT2D eigenvalue weighted by atomic mass is 10.2. The van der Waals surface area contributed by atoms with Crippen molar-refractivity contribution >= 4 is 28.6 Å². The Morgan fingerprint density at radius 2 is 1.95 bits per heavy atom. The molecule has 1 amide bonds. The fourth-order valence-electron chi connectivity index (χ4n) is 1.69. The first kappa shape index (κ1) is 12.8. The molecule has 8 heteroatoms. The van der Waals surface area contributed by atoms with E-state index in [-0.39, 0.29) is 5.69 Å². The largest absolute Gasteiger partial charge is 0.480 e. The van der Waals surface area contributed by atoms with Crippen LogP contribution in [0.2, 0.25) is 0 Å². The van der Waals surface area contributed by atoms with E-state index in [2.05, 4.69) is 20.6 Å². The Hall–Kier alpha value is -2.61. The lowest BCUT2D eigenvalue weighted by Gasteiger charge is -2.11. The SMILES string of the molecule is CNC(C(=O)O)C(=O)Nc1ccc2[nH]c(=O)[nH]c2c1. The summed E-state index contributed by atoms with van der Waals surface area (Å²) in [6.45, 7) is 0. The maximum absolute atomic E-state index is 11.7. The molecule has 0 saturated carbocycles. The number of hydrogen-bond acceptors (Lipinski definition) is 4. The van der Waals surface area contributed by atoms with Crippen molar-refractivity contribution in [3.8, 4) is 0 Å². The highest BCUT2D eigenvalue weighted by atomic mass is 16.4. The summed E-state index contributed by atoms with van der Waals surface area (Å²) in [5.41, 5.74) is 1.18. The van der Waals surface area contributed by atoms with Crippen LogP contribution in [0.5, 0.6) is 0 Å². The van der Waals surface area contributed by atoms with Gasteiger partial charge in [0.25, 0.3) is 5.91 Å². The van der Waals surface area contributed by atoms with Gasteiger partial charge in [0.2, 0.25) is 0 Å². The monoisotopic (exact) mass is 264 g/mol. The third-order valence-corrected chi connectivity index (χ3v) is 2.58. The summed E-state index contributed by atoms with van der Waals surface area (Å²) in [6.07, 6.45) is 0. The van der Waals surface area contributed by atoms with Gasteiger partial charge in [-0.1, -0.05) is 0 Å². The van der Waals surface area contributed by atoms with Gasteiger partial charge in [-0.25, -0.2) is 9.59 Å². The van der Waals surface area contributed by atoms with Gasteiger partial charge in [-0.3, -0.25) is 10.1 Å². The van der Waals surface area contributed by atoms with Crippen molar-refractivity contribution < 1.29 is 14.7 Å². The normalized spacial score (nSPS) is 12.3. The molecule has 1 atom stereocenters. The van der Waals surface area contributed by atoms with Gasteiger partial charge >= 0.3 is 11.7 Å². The predicted molar refractivity (Wildman–Crippen MR) is 68.0 cm³/mol. The number of carbonyl (C=O) groups is 2. The number of aliphatic carboxylic acids is 1. The average Bonchev–Trinajstić information content (AvgIpc) is 2.68. The minimum Gasteiger partial charge on any atom is -0.480 e. The molecule has 2 rings (SSSR count). The lowest BCUT2D eigenvalue weighted by Crippen LogP contribution is -2.44. The number of amides is 1. The molecule has 2 aromatic rings. The minimum absolute atomic E-state index is 0.350. The van der Waals surface area contributed by atoms with Crippen LogP contribution in [-0.4, -0.2) is 40.0 Å². The topological polar surface area (TPSA) is 127 Å². The van der Waals surface area contributed by atoms with E-state index in [1.807, 2.05) is 0 Å². The molecule has 1 aromatic carbocycles. The molecule has 1 heterocycles. The van der Waals surface area contributed by atoms with Crippen LogP contribution in [0.1, 0.15) is 0 Å². The molecule has 100 valence electrons. The molecule has 8 nitrogen and oxygen atoms in total. The number of aromatic nitrogens is 2. The van der Waals surface area contributed by atoms with E-state index in [1.54, 1.807) is 18.2 Å². The van der Waals surface area contributed by atoms with Gasteiger partial charge in [-0.05, 0) is 25.2 Å². The van der Waals surface area contributed by atoms with Gasteiger partial charge in [0.1, 0.15) is 0 Å². The summed E-state index contributed by atoms with van der Waals surface area (Å²) in [5.74, 6) is -1.96. The van der Waals surface area contributed by atoms with Crippen molar-refractivity contribution in [2.45, 2.75) is 6.04 Å². The third-order valence-electron chi connectivity index (χ3n) is 2.58. The van der Waals surface area contributed by atoms with Crippen molar-refractivity contribution in [3.63, 3.8) is 0 Å². The zero-order valence-electron chi connectivity index (χ0n) is 9.98. The fourth-order valence-corrected chi connectivity index (χ4v) is 1.69. The second-order valence-electron chi connectivity index (χ2n) is 3.89. The first-order chi connectivity index (χ1) is 9.01. The number of likely N-dealkylation sites (N-methyl/N-ethyl adjacent to an activating group) is 1. The van der Waals surface area contributed by atoms with E-state index in [1.165, 1.54) is 7.05 Å². The average molecular weight is 264 g/mol. The second-order valence-corrected chi connectivity index (χ2v) is 3.89. The Balaban J connectivity index is 2.23. The first-order valence-electron chi connectivity index (χ1n) is 5.44. The maximum atomic E-state index is 11.7. The molecule has 0 saturated heterocycles. The van der Waals surface area contributed by atoms with Crippen LogP contribution < -0.4 is 16.3 Å². The summed E-state index contributed by atoms with van der Waals surface area (Å²) in [5, 5.41) is 13.7. The van der Waals surface area contributed by atoms with Crippen molar-refractivity contribution in [1.29, 1.82) is 0 Å². The van der Waals surface area contributed by atoms with E-state index < -0.39 is 17.9 Å². The molecule has 1 aromatic heterocycles. The van der Waals surface area contributed by atoms with E-state index in [0.29, 0.717) is 16.7 Å². The molecule has 1 unspecified atom stereocenters. The zero-order valence-corrected chi connectivity index (χ0v) is 9.98. The molecule has 0 aliphatic heterocycles. The van der Waals surface area contributed by atoms with Crippen LogP contribution in [-0.2, 0) is 9.59 Å². The number of imidazole rings is 1. The first-order valence-corrected chi connectivity index (χ1v) is 5.44. The Morgan fingerprint density at radius 3 is 2.58 bits per heavy atom. The number of anilines is 1. The zero-order chi connectivity index (χ0) is 14.0. The van der Waals surface area contributed by atoms with E-state index in [9.17, 15) is 14.4 Å². The molecule has 0 aliphatic rings. The van der Waals surface area contributed by atoms with E-state index in [0.717, 1.165) is 0 Å². The number of carboxylic acid groups (broad SMARTS) is 1. The number of benzene rings is 1. The summed E-state index contributed by atoms with van der Waals surface area (Å²) < 4.78 is 0. The van der Waals surface area contributed by atoms with Crippen LogP contribution in [0, 0.1) is 0 Å². The highest BCUT2D eigenvalue weighted by molar-refractivity contribution is 6.08.